The number of hydrogen-bond donors (Lipinski definition) is 0. The Morgan fingerprint density at radius 1 is 1.15 bits per heavy atom. The monoisotopic (exact) mass is 443 g/mol. The van der Waals surface area contributed by atoms with Gasteiger partial charge in [-0.3, -0.25) is 9.69 Å². The lowest BCUT2D eigenvalue weighted by atomic mass is 9.80. The number of piperidine rings is 1. The van der Waals surface area contributed by atoms with Crippen LogP contribution in [0.25, 0.3) is 33.7 Å². The van der Waals surface area contributed by atoms with Crippen LogP contribution in [0.5, 0.6) is 5.88 Å². The average molecular weight is 444 g/mol. The molecule has 3 aliphatic rings. The van der Waals surface area contributed by atoms with Crippen molar-refractivity contribution in [3.63, 3.8) is 0 Å². The van der Waals surface area contributed by atoms with Gasteiger partial charge in [-0.2, -0.15) is 4.98 Å². The van der Waals surface area contributed by atoms with Crippen molar-refractivity contribution in [3.8, 4) is 17.4 Å². The van der Waals surface area contributed by atoms with Crippen LogP contribution in [0.15, 0.2) is 30.5 Å². The number of ether oxygens (including phenoxy) is 1. The number of amides is 1. The summed E-state index contributed by atoms with van der Waals surface area (Å²) >= 11 is 0. The Kier molecular flexibility index (Phi) is 3.77. The van der Waals surface area contributed by atoms with Crippen LogP contribution in [0.2, 0.25) is 0 Å². The van der Waals surface area contributed by atoms with Gasteiger partial charge in [-0.1, -0.05) is 0 Å². The molecule has 4 aromatic rings. The highest BCUT2D eigenvalue weighted by Gasteiger charge is 2.60. The predicted molar refractivity (Wildman–Crippen MR) is 123 cm³/mol. The van der Waals surface area contributed by atoms with E-state index in [4.69, 9.17) is 9.72 Å². The zero-order valence-electron chi connectivity index (χ0n) is 18.9. The number of carbonyl (C=O) groups excluding carboxylic acids is 1. The normalized spacial score (nSPS) is 23.6. The number of imidazole rings is 1. The molecule has 3 aliphatic heterocycles. The van der Waals surface area contributed by atoms with Gasteiger partial charge in [-0.25, -0.2) is 9.97 Å². The van der Waals surface area contributed by atoms with Crippen molar-refractivity contribution in [2.75, 3.05) is 26.7 Å². The number of aromatic nitrogens is 5. The fraction of sp³-hybridized carbons (Fsp3) is 0.417. The summed E-state index contributed by atoms with van der Waals surface area (Å²) in [6, 6.07) is 8.84. The number of hydrogen-bond acceptors (Lipinski definition) is 6. The third kappa shape index (κ3) is 2.45. The van der Waals surface area contributed by atoms with Gasteiger partial charge in [0, 0.05) is 62.8 Å². The van der Waals surface area contributed by atoms with Crippen molar-refractivity contribution in [1.82, 2.24) is 33.9 Å². The van der Waals surface area contributed by atoms with Gasteiger partial charge in [-0.15, -0.1) is 0 Å². The smallest absolute Gasteiger partial charge is 0.255 e. The van der Waals surface area contributed by atoms with E-state index in [1.165, 1.54) is 0 Å². The molecule has 4 aromatic heterocycles. The molecule has 0 radical (unpaired) electrons. The zero-order chi connectivity index (χ0) is 22.4. The van der Waals surface area contributed by atoms with Gasteiger partial charge in [0.25, 0.3) is 5.91 Å². The molecule has 33 heavy (non-hydrogen) atoms. The molecule has 7 rings (SSSR count). The zero-order valence-corrected chi connectivity index (χ0v) is 18.9. The molecule has 3 fully saturated rings. The Hall–Kier alpha value is -3.46. The standard InChI is InChI=1S/C24H25N7O2/c1-4-30-17(8-13-5-6-19(33-3)27-21(13)30)23-26-16-7-14(9-25-22(16)28(23)2)24(32)31-11-15-10-29-12-18(31)20(15)29/h5-9,15,18,20H,4,10-12H2,1-3H3/t15-,18-,20-/m0/s1. The molecule has 168 valence electrons. The first-order valence-electron chi connectivity index (χ1n) is 11.5. The van der Waals surface area contributed by atoms with Gasteiger partial charge >= 0.3 is 0 Å². The molecule has 9 nitrogen and oxygen atoms in total. The molecule has 7 heterocycles. The van der Waals surface area contributed by atoms with Crippen LogP contribution in [0.3, 0.4) is 0 Å². The minimum atomic E-state index is 0.0784. The van der Waals surface area contributed by atoms with E-state index in [-0.39, 0.29) is 5.91 Å². The Bertz CT molecular complexity index is 1450. The molecule has 0 aromatic carbocycles. The van der Waals surface area contributed by atoms with Crippen molar-refractivity contribution < 1.29 is 9.53 Å². The minimum absolute atomic E-state index is 0.0784. The highest BCUT2D eigenvalue weighted by Crippen LogP contribution is 2.45. The third-order valence-electron chi connectivity index (χ3n) is 7.71. The average Bonchev–Trinajstić information content (AvgIpc) is 3.34. The summed E-state index contributed by atoms with van der Waals surface area (Å²) in [6.45, 7) is 5.85. The van der Waals surface area contributed by atoms with E-state index in [0.29, 0.717) is 29.4 Å². The lowest BCUT2D eigenvalue weighted by molar-refractivity contribution is -0.0605. The van der Waals surface area contributed by atoms with Crippen molar-refractivity contribution >= 4 is 28.1 Å². The van der Waals surface area contributed by atoms with E-state index in [2.05, 4.69) is 37.3 Å². The van der Waals surface area contributed by atoms with E-state index in [1.807, 2.05) is 29.8 Å². The van der Waals surface area contributed by atoms with Crippen LogP contribution >= 0.6 is 0 Å². The summed E-state index contributed by atoms with van der Waals surface area (Å²) < 4.78 is 9.44. The molecular formula is C24H25N7O2. The minimum Gasteiger partial charge on any atom is -0.481 e. The van der Waals surface area contributed by atoms with Crippen LogP contribution in [-0.4, -0.2) is 78.6 Å². The maximum Gasteiger partial charge on any atom is 0.255 e. The van der Waals surface area contributed by atoms with E-state index in [1.54, 1.807) is 13.3 Å². The van der Waals surface area contributed by atoms with Crippen LogP contribution in [-0.2, 0) is 13.6 Å². The maximum atomic E-state index is 13.3. The number of carbonyl (C=O) groups is 1. The molecule has 0 bridgehead atoms. The van der Waals surface area contributed by atoms with E-state index < -0.39 is 0 Å². The fourth-order valence-corrected chi connectivity index (χ4v) is 6.04. The van der Waals surface area contributed by atoms with E-state index in [0.717, 1.165) is 59.9 Å². The molecule has 0 N–H and O–H groups in total. The Balaban J connectivity index is 1.29. The lowest BCUT2D eigenvalue weighted by Gasteiger charge is -2.56. The number of likely N-dealkylation sites (tertiary alicyclic amines) is 1. The summed E-state index contributed by atoms with van der Waals surface area (Å²) in [7, 11) is 3.59. The Morgan fingerprint density at radius 2 is 2.03 bits per heavy atom. The second-order valence-corrected chi connectivity index (χ2v) is 9.33. The highest BCUT2D eigenvalue weighted by molar-refractivity contribution is 5.97. The van der Waals surface area contributed by atoms with E-state index in [9.17, 15) is 4.79 Å². The summed E-state index contributed by atoms with van der Waals surface area (Å²) in [6.07, 6.45) is 1.70. The Labute approximate surface area is 190 Å². The van der Waals surface area contributed by atoms with Gasteiger partial charge in [0.1, 0.15) is 11.2 Å². The second kappa shape index (κ2) is 6.54. The van der Waals surface area contributed by atoms with E-state index >= 15 is 0 Å². The van der Waals surface area contributed by atoms with Crippen molar-refractivity contribution in [2.45, 2.75) is 25.6 Å². The van der Waals surface area contributed by atoms with Gasteiger partial charge in [0.2, 0.25) is 5.88 Å². The van der Waals surface area contributed by atoms with Crippen molar-refractivity contribution in [2.24, 2.45) is 13.0 Å². The number of aryl methyl sites for hydroxylation is 2. The van der Waals surface area contributed by atoms with Crippen LogP contribution < -0.4 is 4.74 Å². The molecule has 3 atom stereocenters. The van der Waals surface area contributed by atoms with Crippen LogP contribution in [0, 0.1) is 5.92 Å². The molecule has 0 unspecified atom stereocenters. The summed E-state index contributed by atoms with van der Waals surface area (Å²) in [4.78, 5) is 32.0. The first-order valence-corrected chi connectivity index (χ1v) is 11.5. The Morgan fingerprint density at radius 3 is 2.79 bits per heavy atom. The summed E-state index contributed by atoms with van der Waals surface area (Å²) in [5, 5.41) is 1.03. The van der Waals surface area contributed by atoms with Crippen molar-refractivity contribution in [3.05, 3.63) is 36.0 Å². The number of pyridine rings is 2. The second-order valence-electron chi connectivity index (χ2n) is 9.33. The van der Waals surface area contributed by atoms with Gasteiger partial charge in [0.15, 0.2) is 11.5 Å². The van der Waals surface area contributed by atoms with Crippen LogP contribution in [0.4, 0.5) is 0 Å². The quantitative estimate of drug-likeness (QED) is 0.481. The van der Waals surface area contributed by atoms with Gasteiger partial charge < -0.3 is 18.8 Å². The number of rotatable bonds is 4. The van der Waals surface area contributed by atoms with Gasteiger partial charge in [-0.05, 0) is 25.1 Å². The summed E-state index contributed by atoms with van der Waals surface area (Å²) in [5.41, 5.74) is 3.94. The third-order valence-corrected chi connectivity index (χ3v) is 7.71. The van der Waals surface area contributed by atoms with Gasteiger partial charge in [0.05, 0.1) is 24.4 Å². The first kappa shape index (κ1) is 19.0. The van der Waals surface area contributed by atoms with Crippen LogP contribution in [0.1, 0.15) is 17.3 Å². The predicted octanol–water partition coefficient (Wildman–Crippen LogP) is 2.15. The first-order chi connectivity index (χ1) is 16.1. The maximum absolute atomic E-state index is 13.3. The SMILES string of the molecule is CCn1c(-c2nc3cc(C(=O)N4C[C@@H]5CN6C[C@H]4[C@H]56)cnc3n2C)cc2ccc(OC)nc21. The highest BCUT2D eigenvalue weighted by atomic mass is 16.5. The number of nitrogens with zero attached hydrogens (tertiary/aromatic N) is 7. The molecule has 0 aliphatic carbocycles. The topological polar surface area (TPSA) is 81.3 Å². The molecule has 0 saturated carbocycles. The fourth-order valence-electron chi connectivity index (χ4n) is 6.04. The molecule has 3 saturated heterocycles. The number of methoxy groups -OCH3 is 1. The van der Waals surface area contributed by atoms with Crippen molar-refractivity contribution in [1.29, 1.82) is 0 Å². The molecule has 0 spiro atoms. The lowest BCUT2D eigenvalue weighted by Crippen LogP contribution is -2.71. The molecule has 9 heteroatoms. The number of fused-ring (bicyclic) bond motifs is 2. The molecule has 1 amide bonds. The summed E-state index contributed by atoms with van der Waals surface area (Å²) in [5.74, 6) is 2.11. The molecular weight excluding hydrogens is 418 g/mol. The largest absolute Gasteiger partial charge is 0.481 e.